The molecule has 1 saturated heterocycles. The number of aliphatic carboxylic acids is 1. The minimum absolute atomic E-state index is 0.261. The average Bonchev–Trinajstić information content (AvgIpc) is 2.76. The van der Waals surface area contributed by atoms with Gasteiger partial charge in [-0.3, -0.25) is 4.79 Å². The third-order valence-corrected chi connectivity index (χ3v) is 3.39. The number of carbonyl (C=O) groups is 1. The number of nitrogens with one attached hydrogen (secondary N) is 1. The predicted molar refractivity (Wildman–Crippen MR) is 67.0 cm³/mol. The van der Waals surface area contributed by atoms with E-state index in [2.05, 4.69) is 26.1 Å². The van der Waals surface area contributed by atoms with E-state index in [1.807, 2.05) is 0 Å². The molecule has 0 aromatic rings. The van der Waals surface area contributed by atoms with Gasteiger partial charge >= 0.3 is 5.97 Å². The molecule has 3 unspecified atom stereocenters. The minimum Gasteiger partial charge on any atom is -0.480 e. The molecular formula is C13H25NO3. The van der Waals surface area contributed by atoms with Crippen molar-refractivity contribution >= 4 is 5.97 Å². The molecule has 4 heteroatoms. The van der Waals surface area contributed by atoms with Gasteiger partial charge in [-0.15, -0.1) is 0 Å². The van der Waals surface area contributed by atoms with Crippen LogP contribution in [0.1, 0.15) is 40.0 Å². The summed E-state index contributed by atoms with van der Waals surface area (Å²) < 4.78 is 5.38. The van der Waals surface area contributed by atoms with Gasteiger partial charge in [0, 0.05) is 12.6 Å². The molecule has 1 aliphatic heterocycles. The molecule has 1 aliphatic rings. The Labute approximate surface area is 104 Å². The Morgan fingerprint density at radius 3 is 2.65 bits per heavy atom. The summed E-state index contributed by atoms with van der Waals surface area (Å²) in [6.07, 6.45) is 2.68. The summed E-state index contributed by atoms with van der Waals surface area (Å²) >= 11 is 0. The van der Waals surface area contributed by atoms with E-state index in [-0.39, 0.29) is 6.04 Å². The predicted octanol–water partition coefficient (Wildman–Crippen LogP) is 1.89. The second-order valence-electron chi connectivity index (χ2n) is 5.33. The number of hydrogen-bond acceptors (Lipinski definition) is 3. The Bertz CT molecular complexity index is 237. The second kappa shape index (κ2) is 6.97. The lowest BCUT2D eigenvalue weighted by Crippen LogP contribution is -2.47. The first kappa shape index (κ1) is 14.5. The van der Waals surface area contributed by atoms with Gasteiger partial charge in [0.1, 0.15) is 6.04 Å². The van der Waals surface area contributed by atoms with Crippen molar-refractivity contribution in [3.05, 3.63) is 0 Å². The first-order chi connectivity index (χ1) is 8.04. The van der Waals surface area contributed by atoms with Crippen molar-refractivity contribution in [2.24, 2.45) is 11.8 Å². The number of rotatable bonds is 7. The van der Waals surface area contributed by atoms with Crippen molar-refractivity contribution in [3.63, 3.8) is 0 Å². The highest BCUT2D eigenvalue weighted by atomic mass is 16.5. The van der Waals surface area contributed by atoms with Crippen LogP contribution in [0.25, 0.3) is 0 Å². The molecule has 0 aliphatic carbocycles. The smallest absolute Gasteiger partial charge is 0.320 e. The van der Waals surface area contributed by atoms with E-state index in [9.17, 15) is 9.90 Å². The first-order valence-corrected chi connectivity index (χ1v) is 6.61. The number of hydrogen-bond donors (Lipinski definition) is 2. The van der Waals surface area contributed by atoms with Crippen LogP contribution < -0.4 is 5.32 Å². The van der Waals surface area contributed by atoms with Crippen LogP contribution >= 0.6 is 0 Å². The Morgan fingerprint density at radius 2 is 2.24 bits per heavy atom. The summed E-state index contributed by atoms with van der Waals surface area (Å²) in [6, 6.07) is -0.169. The molecule has 17 heavy (non-hydrogen) atoms. The van der Waals surface area contributed by atoms with Crippen LogP contribution in [0, 0.1) is 11.8 Å². The van der Waals surface area contributed by atoms with Crippen LogP contribution in [-0.4, -0.2) is 36.4 Å². The van der Waals surface area contributed by atoms with E-state index in [1.165, 1.54) is 0 Å². The highest BCUT2D eigenvalue weighted by Gasteiger charge is 2.29. The number of carboxylic acid groups (broad SMARTS) is 1. The molecule has 1 rings (SSSR count). The lowest BCUT2D eigenvalue weighted by atomic mass is 9.94. The molecule has 1 heterocycles. The lowest BCUT2D eigenvalue weighted by Gasteiger charge is -2.27. The van der Waals surface area contributed by atoms with Gasteiger partial charge in [-0.05, 0) is 31.1 Å². The van der Waals surface area contributed by atoms with E-state index in [0.29, 0.717) is 18.3 Å². The van der Waals surface area contributed by atoms with E-state index in [4.69, 9.17) is 4.74 Å². The van der Waals surface area contributed by atoms with Gasteiger partial charge in [-0.1, -0.05) is 20.8 Å². The van der Waals surface area contributed by atoms with Gasteiger partial charge in [0.05, 0.1) is 6.61 Å². The molecule has 0 spiro atoms. The molecule has 3 atom stereocenters. The summed E-state index contributed by atoms with van der Waals surface area (Å²) in [7, 11) is 0. The molecule has 0 aromatic carbocycles. The minimum atomic E-state index is -0.740. The average molecular weight is 243 g/mol. The molecule has 0 aromatic heterocycles. The zero-order chi connectivity index (χ0) is 12.8. The SMILES string of the molecule is CCC(NC(CC(C)C)C(=O)O)C1CCOC1. The number of carboxylic acids is 1. The van der Waals surface area contributed by atoms with Crippen LogP contribution in [0.3, 0.4) is 0 Å². The van der Waals surface area contributed by atoms with E-state index in [0.717, 1.165) is 26.1 Å². The van der Waals surface area contributed by atoms with E-state index >= 15 is 0 Å². The molecule has 4 nitrogen and oxygen atoms in total. The van der Waals surface area contributed by atoms with Crippen LogP contribution in [0.2, 0.25) is 0 Å². The van der Waals surface area contributed by atoms with Crippen LogP contribution in [0.15, 0.2) is 0 Å². The van der Waals surface area contributed by atoms with Crippen molar-refractivity contribution in [2.45, 2.75) is 52.1 Å². The molecule has 2 N–H and O–H groups in total. The van der Waals surface area contributed by atoms with Crippen LogP contribution in [0.5, 0.6) is 0 Å². The van der Waals surface area contributed by atoms with Gasteiger partial charge in [0.15, 0.2) is 0 Å². The maximum atomic E-state index is 11.2. The van der Waals surface area contributed by atoms with Crippen molar-refractivity contribution in [2.75, 3.05) is 13.2 Å². The largest absolute Gasteiger partial charge is 0.480 e. The third kappa shape index (κ3) is 4.64. The Balaban J connectivity index is 2.53. The maximum Gasteiger partial charge on any atom is 0.320 e. The van der Waals surface area contributed by atoms with Crippen molar-refractivity contribution in [3.8, 4) is 0 Å². The summed E-state index contributed by atoms with van der Waals surface area (Å²) in [5, 5.41) is 12.5. The van der Waals surface area contributed by atoms with Crippen molar-refractivity contribution in [1.29, 1.82) is 0 Å². The second-order valence-corrected chi connectivity index (χ2v) is 5.33. The molecule has 0 bridgehead atoms. The lowest BCUT2D eigenvalue weighted by molar-refractivity contribution is -0.140. The standard InChI is InChI=1S/C13H25NO3/c1-4-11(10-5-6-17-8-10)14-12(13(15)16)7-9(2)3/h9-12,14H,4-8H2,1-3H3,(H,15,16). The molecular weight excluding hydrogens is 218 g/mol. The normalized spacial score (nSPS) is 23.9. The zero-order valence-electron chi connectivity index (χ0n) is 11.1. The van der Waals surface area contributed by atoms with Gasteiger partial charge < -0.3 is 15.2 Å². The summed E-state index contributed by atoms with van der Waals surface area (Å²) in [5.41, 5.74) is 0. The van der Waals surface area contributed by atoms with Crippen LogP contribution in [0.4, 0.5) is 0 Å². The molecule has 1 fully saturated rings. The molecule has 0 saturated carbocycles. The van der Waals surface area contributed by atoms with Gasteiger partial charge in [0.2, 0.25) is 0 Å². The molecule has 100 valence electrons. The van der Waals surface area contributed by atoms with Crippen molar-refractivity contribution < 1.29 is 14.6 Å². The van der Waals surface area contributed by atoms with Gasteiger partial charge in [0.25, 0.3) is 0 Å². The molecule has 0 amide bonds. The van der Waals surface area contributed by atoms with Gasteiger partial charge in [-0.25, -0.2) is 0 Å². The van der Waals surface area contributed by atoms with Crippen molar-refractivity contribution in [1.82, 2.24) is 5.32 Å². The summed E-state index contributed by atoms with van der Waals surface area (Å²) in [5.74, 6) is 0.117. The monoisotopic (exact) mass is 243 g/mol. The zero-order valence-corrected chi connectivity index (χ0v) is 11.1. The van der Waals surface area contributed by atoms with Gasteiger partial charge in [-0.2, -0.15) is 0 Å². The summed E-state index contributed by atoms with van der Waals surface area (Å²) in [4.78, 5) is 11.2. The van der Waals surface area contributed by atoms with Crippen LogP contribution in [-0.2, 0) is 9.53 Å². The Hall–Kier alpha value is -0.610. The highest BCUT2D eigenvalue weighted by Crippen LogP contribution is 2.20. The van der Waals surface area contributed by atoms with E-state index in [1.54, 1.807) is 0 Å². The Kier molecular flexibility index (Phi) is 5.92. The topological polar surface area (TPSA) is 58.6 Å². The number of ether oxygens (including phenoxy) is 1. The fraction of sp³-hybridized carbons (Fsp3) is 0.923. The maximum absolute atomic E-state index is 11.2. The Morgan fingerprint density at radius 1 is 1.53 bits per heavy atom. The molecule has 0 radical (unpaired) electrons. The first-order valence-electron chi connectivity index (χ1n) is 6.61. The van der Waals surface area contributed by atoms with E-state index < -0.39 is 12.0 Å². The highest BCUT2D eigenvalue weighted by molar-refractivity contribution is 5.73. The third-order valence-electron chi connectivity index (χ3n) is 3.39. The fourth-order valence-corrected chi connectivity index (χ4v) is 2.43. The quantitative estimate of drug-likeness (QED) is 0.717. The summed E-state index contributed by atoms with van der Waals surface area (Å²) in [6.45, 7) is 7.78. The fourth-order valence-electron chi connectivity index (χ4n) is 2.43.